The van der Waals surface area contributed by atoms with Gasteiger partial charge in [-0.05, 0) is 78.1 Å². The number of benzene rings is 2. The van der Waals surface area contributed by atoms with Crippen molar-refractivity contribution in [1.82, 2.24) is 5.32 Å². The number of methoxy groups -OCH3 is 2. The Hall–Kier alpha value is -3.52. The van der Waals surface area contributed by atoms with Crippen LogP contribution in [0.2, 0.25) is 0 Å². The van der Waals surface area contributed by atoms with Crippen LogP contribution in [-0.4, -0.2) is 26.1 Å². The van der Waals surface area contributed by atoms with E-state index in [4.69, 9.17) is 14.2 Å². The Balaban J connectivity index is 1.34. The molecule has 0 saturated carbocycles. The zero-order chi connectivity index (χ0) is 27.0. The third-order valence-electron chi connectivity index (χ3n) is 8.11. The Morgan fingerprint density at radius 3 is 2.50 bits per heavy atom. The molecule has 0 spiro atoms. The first-order valence-electron chi connectivity index (χ1n) is 13.0. The molecule has 1 aliphatic heterocycles. The number of fused-ring (bicyclic) bond motifs is 3. The first-order valence-corrected chi connectivity index (χ1v) is 13.8. The summed E-state index contributed by atoms with van der Waals surface area (Å²) in [5.41, 5.74) is 3.49. The van der Waals surface area contributed by atoms with Crippen LogP contribution < -0.4 is 24.8 Å². The zero-order valence-corrected chi connectivity index (χ0v) is 23.3. The van der Waals surface area contributed by atoms with Gasteiger partial charge in [-0.2, -0.15) is 0 Å². The third kappa shape index (κ3) is 4.85. The van der Waals surface area contributed by atoms with Crippen molar-refractivity contribution in [3.8, 4) is 17.2 Å². The van der Waals surface area contributed by atoms with Gasteiger partial charge in [-0.15, -0.1) is 11.3 Å². The fourth-order valence-electron chi connectivity index (χ4n) is 5.25. The molecule has 0 fully saturated rings. The highest BCUT2D eigenvalue weighted by molar-refractivity contribution is 7.16. The van der Waals surface area contributed by atoms with E-state index in [1.54, 1.807) is 54.8 Å². The molecular formula is C30H34N2O5S. The summed E-state index contributed by atoms with van der Waals surface area (Å²) in [5, 5.41) is 7.56. The van der Waals surface area contributed by atoms with Crippen LogP contribution in [0.25, 0.3) is 0 Å². The fourth-order valence-corrected chi connectivity index (χ4v) is 6.61. The molecule has 3 aromatic rings. The lowest BCUT2D eigenvalue weighted by Crippen LogP contribution is -2.38. The quantitative estimate of drug-likeness (QED) is 0.270. The van der Waals surface area contributed by atoms with Crippen molar-refractivity contribution in [2.24, 2.45) is 11.3 Å². The third-order valence-corrected chi connectivity index (χ3v) is 9.29. The van der Waals surface area contributed by atoms with E-state index in [0.29, 0.717) is 28.7 Å². The van der Waals surface area contributed by atoms with Crippen molar-refractivity contribution >= 4 is 28.2 Å². The Morgan fingerprint density at radius 2 is 1.82 bits per heavy atom. The van der Waals surface area contributed by atoms with Crippen molar-refractivity contribution < 1.29 is 23.8 Å². The lowest BCUT2D eigenvalue weighted by Gasteiger charge is -2.36. The molecule has 2 atom stereocenters. The summed E-state index contributed by atoms with van der Waals surface area (Å²) in [7, 11) is 3.09. The van der Waals surface area contributed by atoms with E-state index in [1.165, 1.54) is 17.6 Å². The normalized spacial score (nSPS) is 18.5. The van der Waals surface area contributed by atoms with Gasteiger partial charge in [0.05, 0.1) is 25.3 Å². The lowest BCUT2D eigenvalue weighted by molar-refractivity contribution is 0.0729. The molecule has 2 aromatic carbocycles. The van der Waals surface area contributed by atoms with Crippen molar-refractivity contribution in [3.63, 3.8) is 0 Å². The zero-order valence-electron chi connectivity index (χ0n) is 22.5. The summed E-state index contributed by atoms with van der Waals surface area (Å²) in [4.78, 5) is 27.2. The standard InChI is InChI=1S/C30H34N2O5S/c1-6-30(2,3)19-10-13-21-24(16-19)38-28-25(21)27(33)31-26(32-28)18-9-14-22(23(15-18)36-5)37-29(34)17-7-11-20(35-4)12-8-17/h7-9,11-12,14-15,19,26,32H,6,10,13,16H2,1-5H3,(H,31,33)/t19-,26+/m0/s1. The summed E-state index contributed by atoms with van der Waals surface area (Å²) < 4.78 is 16.3. The summed E-state index contributed by atoms with van der Waals surface area (Å²) in [6.45, 7) is 6.96. The molecule has 5 rings (SSSR count). The Kier molecular flexibility index (Phi) is 7.09. The Bertz CT molecular complexity index is 1360. The second kappa shape index (κ2) is 10.3. The minimum absolute atomic E-state index is 0.0524. The van der Waals surface area contributed by atoms with E-state index in [-0.39, 0.29) is 11.3 Å². The number of nitrogens with one attached hydrogen (secondary N) is 2. The number of ether oxygens (including phenoxy) is 3. The molecule has 0 saturated heterocycles. The average molecular weight is 535 g/mol. The molecule has 0 unspecified atom stereocenters. The average Bonchev–Trinajstić information content (AvgIpc) is 3.31. The predicted molar refractivity (Wildman–Crippen MR) is 149 cm³/mol. The molecule has 7 nitrogen and oxygen atoms in total. The fraction of sp³-hybridized carbons (Fsp3) is 0.400. The van der Waals surface area contributed by atoms with Gasteiger partial charge in [-0.1, -0.05) is 33.3 Å². The molecule has 0 radical (unpaired) electrons. The van der Waals surface area contributed by atoms with E-state index >= 15 is 0 Å². The van der Waals surface area contributed by atoms with Gasteiger partial charge in [0.1, 0.15) is 16.9 Å². The number of amides is 1. The smallest absolute Gasteiger partial charge is 0.343 e. The highest BCUT2D eigenvalue weighted by atomic mass is 32.1. The largest absolute Gasteiger partial charge is 0.497 e. The van der Waals surface area contributed by atoms with Crippen molar-refractivity contribution in [2.45, 2.75) is 52.6 Å². The number of anilines is 1. The van der Waals surface area contributed by atoms with Crippen LogP contribution in [0, 0.1) is 11.3 Å². The van der Waals surface area contributed by atoms with Gasteiger partial charge in [-0.25, -0.2) is 4.79 Å². The van der Waals surface area contributed by atoms with Crippen molar-refractivity contribution in [3.05, 3.63) is 69.6 Å². The van der Waals surface area contributed by atoms with Gasteiger partial charge in [0.2, 0.25) is 0 Å². The van der Waals surface area contributed by atoms with Gasteiger partial charge < -0.3 is 24.8 Å². The molecule has 8 heteroatoms. The van der Waals surface area contributed by atoms with Gasteiger partial charge in [-0.3, -0.25) is 4.79 Å². The maximum Gasteiger partial charge on any atom is 0.343 e. The monoisotopic (exact) mass is 534 g/mol. The van der Waals surface area contributed by atoms with Crippen LogP contribution in [0.15, 0.2) is 42.5 Å². The van der Waals surface area contributed by atoms with Gasteiger partial charge >= 0.3 is 5.97 Å². The number of hydrogen-bond donors (Lipinski definition) is 2. The van der Waals surface area contributed by atoms with Crippen LogP contribution in [-0.2, 0) is 12.8 Å². The number of carbonyl (C=O) groups excluding carboxylic acids is 2. The van der Waals surface area contributed by atoms with Gasteiger partial charge in [0.15, 0.2) is 11.5 Å². The van der Waals surface area contributed by atoms with Crippen LogP contribution in [0.5, 0.6) is 17.2 Å². The van der Waals surface area contributed by atoms with E-state index < -0.39 is 12.1 Å². The van der Waals surface area contributed by atoms with Crippen LogP contribution in [0.4, 0.5) is 5.00 Å². The second-order valence-electron chi connectivity index (χ2n) is 10.6. The summed E-state index contributed by atoms with van der Waals surface area (Å²) in [6, 6.07) is 12.0. The summed E-state index contributed by atoms with van der Waals surface area (Å²) in [5.74, 6) is 1.43. The van der Waals surface area contributed by atoms with Crippen molar-refractivity contribution in [2.75, 3.05) is 19.5 Å². The summed E-state index contributed by atoms with van der Waals surface area (Å²) in [6.07, 6.45) is 3.80. The van der Waals surface area contributed by atoms with Crippen LogP contribution in [0.1, 0.15) is 76.5 Å². The molecule has 1 amide bonds. The highest BCUT2D eigenvalue weighted by Gasteiger charge is 2.37. The number of hydrogen-bond acceptors (Lipinski definition) is 7. The topological polar surface area (TPSA) is 85.9 Å². The van der Waals surface area contributed by atoms with Crippen LogP contribution >= 0.6 is 11.3 Å². The van der Waals surface area contributed by atoms with Crippen molar-refractivity contribution in [1.29, 1.82) is 0 Å². The second-order valence-corrected chi connectivity index (χ2v) is 11.7. The maximum atomic E-state index is 13.3. The van der Waals surface area contributed by atoms with E-state index in [2.05, 4.69) is 31.4 Å². The minimum atomic E-state index is -0.499. The Labute approximate surface area is 227 Å². The number of rotatable bonds is 7. The Morgan fingerprint density at radius 1 is 1.05 bits per heavy atom. The molecular weight excluding hydrogens is 500 g/mol. The first-order chi connectivity index (χ1) is 18.2. The van der Waals surface area contributed by atoms with E-state index in [9.17, 15) is 9.59 Å². The number of thiophene rings is 1. The molecule has 38 heavy (non-hydrogen) atoms. The van der Waals surface area contributed by atoms with E-state index in [0.717, 1.165) is 41.8 Å². The molecule has 1 aromatic heterocycles. The van der Waals surface area contributed by atoms with E-state index in [1.807, 2.05) is 6.07 Å². The summed E-state index contributed by atoms with van der Waals surface area (Å²) >= 11 is 1.71. The highest BCUT2D eigenvalue weighted by Crippen LogP contribution is 2.47. The molecule has 200 valence electrons. The number of esters is 1. The predicted octanol–water partition coefficient (Wildman–Crippen LogP) is 6.38. The van der Waals surface area contributed by atoms with Gasteiger partial charge in [0, 0.05) is 4.88 Å². The maximum absolute atomic E-state index is 13.3. The number of carbonyl (C=O) groups is 2. The lowest BCUT2D eigenvalue weighted by atomic mass is 9.69. The SMILES string of the molecule is CCC(C)(C)[C@H]1CCc2c(sc3c2C(=O)N[C@@H](c2ccc(OC(=O)c4ccc(OC)cc4)c(OC)c2)N3)C1. The van der Waals surface area contributed by atoms with Gasteiger partial charge in [0.25, 0.3) is 5.91 Å². The van der Waals surface area contributed by atoms with Crippen LogP contribution in [0.3, 0.4) is 0 Å². The molecule has 2 aliphatic rings. The molecule has 1 aliphatic carbocycles. The minimum Gasteiger partial charge on any atom is -0.497 e. The first kappa shape index (κ1) is 26.1. The molecule has 2 N–H and O–H groups in total. The molecule has 0 bridgehead atoms. The molecule has 2 heterocycles.